The highest BCUT2D eigenvalue weighted by Crippen LogP contribution is 2.32. The average Bonchev–Trinajstić information content (AvgIpc) is 2.69. The molecule has 29 heavy (non-hydrogen) atoms. The topological polar surface area (TPSA) is 71.3 Å². The van der Waals surface area contributed by atoms with E-state index in [1.165, 1.54) is 11.6 Å². The molecular formula is C21H23F3N2O3. The molecule has 1 amide bonds. The highest BCUT2D eigenvalue weighted by atomic mass is 19.4. The first-order valence-corrected chi connectivity index (χ1v) is 9.59. The number of aryl methyl sites for hydroxylation is 1. The van der Waals surface area contributed by atoms with Gasteiger partial charge in [0.05, 0.1) is 12.0 Å². The zero-order valence-corrected chi connectivity index (χ0v) is 15.8. The highest BCUT2D eigenvalue weighted by molar-refractivity contribution is 5.96. The Kier molecular flexibility index (Phi) is 6.30. The van der Waals surface area contributed by atoms with Crippen LogP contribution in [0.15, 0.2) is 47.4 Å². The third-order valence-corrected chi connectivity index (χ3v) is 5.35. The van der Waals surface area contributed by atoms with Crippen molar-refractivity contribution in [2.75, 3.05) is 0 Å². The number of pyridine rings is 1. The zero-order chi connectivity index (χ0) is 21.0. The number of halogens is 3. The van der Waals surface area contributed by atoms with Crippen LogP contribution in [0.4, 0.5) is 13.2 Å². The SMILES string of the molecule is O=C(NC1CCC(c2ccccc2)CC1)c1ccn(CCC(F)(F)F)c(=O)c1O. The number of hydrogen-bond acceptors (Lipinski definition) is 3. The number of nitrogens with zero attached hydrogens (tertiary/aromatic N) is 1. The molecule has 0 unspecified atom stereocenters. The molecule has 0 atom stereocenters. The molecule has 1 fully saturated rings. The molecule has 1 aromatic heterocycles. The molecule has 0 bridgehead atoms. The van der Waals surface area contributed by atoms with Gasteiger partial charge in [0.25, 0.3) is 11.5 Å². The second kappa shape index (κ2) is 8.71. The minimum Gasteiger partial charge on any atom is -0.502 e. The fourth-order valence-electron chi connectivity index (χ4n) is 3.73. The molecule has 0 aliphatic heterocycles. The van der Waals surface area contributed by atoms with Gasteiger partial charge in [-0.05, 0) is 43.2 Å². The van der Waals surface area contributed by atoms with Gasteiger partial charge in [0.2, 0.25) is 0 Å². The monoisotopic (exact) mass is 408 g/mol. The van der Waals surface area contributed by atoms with E-state index in [1.54, 1.807) is 0 Å². The molecule has 8 heteroatoms. The van der Waals surface area contributed by atoms with Crippen molar-refractivity contribution in [3.8, 4) is 5.75 Å². The number of hydrogen-bond donors (Lipinski definition) is 2. The van der Waals surface area contributed by atoms with Gasteiger partial charge in [0.1, 0.15) is 0 Å². The van der Waals surface area contributed by atoms with Gasteiger partial charge in [-0.1, -0.05) is 30.3 Å². The van der Waals surface area contributed by atoms with Crippen molar-refractivity contribution in [2.24, 2.45) is 0 Å². The largest absolute Gasteiger partial charge is 0.502 e. The molecule has 0 saturated heterocycles. The Morgan fingerprint density at radius 2 is 1.76 bits per heavy atom. The van der Waals surface area contributed by atoms with E-state index in [0.29, 0.717) is 5.92 Å². The van der Waals surface area contributed by atoms with Gasteiger partial charge in [-0.15, -0.1) is 0 Å². The van der Waals surface area contributed by atoms with Crippen LogP contribution in [0.25, 0.3) is 0 Å². The van der Waals surface area contributed by atoms with Crippen molar-refractivity contribution in [2.45, 2.75) is 56.8 Å². The van der Waals surface area contributed by atoms with Gasteiger partial charge in [-0.25, -0.2) is 0 Å². The standard InChI is InChI=1S/C21H23F3N2O3/c22-21(23,24)11-13-26-12-10-17(18(27)20(26)29)19(28)25-16-8-6-15(7-9-16)14-4-2-1-3-5-14/h1-5,10,12,15-16,27H,6-9,11,13H2,(H,25,28). The smallest absolute Gasteiger partial charge is 0.390 e. The lowest BCUT2D eigenvalue weighted by molar-refractivity contribution is -0.136. The Labute approximate surface area is 166 Å². The van der Waals surface area contributed by atoms with Gasteiger partial charge in [-0.2, -0.15) is 13.2 Å². The summed E-state index contributed by atoms with van der Waals surface area (Å²) in [5.74, 6) is -0.980. The average molecular weight is 408 g/mol. The fourth-order valence-corrected chi connectivity index (χ4v) is 3.73. The van der Waals surface area contributed by atoms with Crippen LogP contribution in [0.2, 0.25) is 0 Å². The summed E-state index contributed by atoms with van der Waals surface area (Å²) in [6, 6.07) is 11.3. The maximum atomic E-state index is 12.5. The molecule has 156 valence electrons. The quantitative estimate of drug-likeness (QED) is 0.787. The van der Waals surface area contributed by atoms with E-state index in [1.807, 2.05) is 18.2 Å². The summed E-state index contributed by atoms with van der Waals surface area (Å²) in [6.45, 7) is -0.610. The van der Waals surface area contributed by atoms with Crippen molar-refractivity contribution < 1.29 is 23.1 Å². The number of carbonyl (C=O) groups is 1. The molecule has 2 aromatic rings. The molecular weight excluding hydrogens is 385 g/mol. The molecule has 1 saturated carbocycles. The molecule has 1 aliphatic carbocycles. The molecule has 1 aromatic carbocycles. The highest BCUT2D eigenvalue weighted by Gasteiger charge is 2.28. The Hall–Kier alpha value is -2.77. The molecule has 3 rings (SSSR count). The molecule has 1 aliphatic rings. The number of carbonyl (C=O) groups excluding carboxylic acids is 1. The minimum atomic E-state index is -4.41. The lowest BCUT2D eigenvalue weighted by Gasteiger charge is -2.29. The lowest BCUT2D eigenvalue weighted by atomic mass is 9.82. The number of rotatable bonds is 5. The van der Waals surface area contributed by atoms with E-state index in [0.717, 1.165) is 36.4 Å². The lowest BCUT2D eigenvalue weighted by Crippen LogP contribution is -2.38. The maximum absolute atomic E-state index is 12.5. The van der Waals surface area contributed by atoms with Crippen LogP contribution in [0.1, 0.15) is 53.9 Å². The summed E-state index contributed by atoms with van der Waals surface area (Å²) in [6.07, 6.45) is -1.12. The Morgan fingerprint density at radius 1 is 1.10 bits per heavy atom. The second-order valence-corrected chi connectivity index (χ2v) is 7.37. The first-order valence-electron chi connectivity index (χ1n) is 9.59. The van der Waals surface area contributed by atoms with Crippen LogP contribution in [0.3, 0.4) is 0 Å². The minimum absolute atomic E-state index is 0.0745. The first kappa shape index (κ1) is 21.0. The summed E-state index contributed by atoms with van der Waals surface area (Å²) < 4.78 is 37.8. The van der Waals surface area contributed by atoms with Gasteiger partial charge in [-0.3, -0.25) is 9.59 Å². The molecule has 2 N–H and O–H groups in total. The maximum Gasteiger partial charge on any atom is 0.390 e. The number of aromatic nitrogens is 1. The van der Waals surface area contributed by atoms with Crippen LogP contribution in [-0.2, 0) is 6.54 Å². The van der Waals surface area contributed by atoms with Crippen molar-refractivity contribution >= 4 is 5.91 Å². The van der Waals surface area contributed by atoms with Crippen LogP contribution in [-0.4, -0.2) is 27.8 Å². The number of amides is 1. The Balaban J connectivity index is 1.60. The first-order chi connectivity index (χ1) is 13.7. The van der Waals surface area contributed by atoms with Crippen molar-refractivity contribution in [1.29, 1.82) is 0 Å². The number of nitrogens with one attached hydrogen (secondary N) is 1. The van der Waals surface area contributed by atoms with E-state index in [9.17, 15) is 27.9 Å². The fraction of sp³-hybridized carbons (Fsp3) is 0.429. The van der Waals surface area contributed by atoms with Gasteiger partial charge >= 0.3 is 6.18 Å². The van der Waals surface area contributed by atoms with E-state index in [4.69, 9.17) is 0 Å². The van der Waals surface area contributed by atoms with E-state index >= 15 is 0 Å². The van der Waals surface area contributed by atoms with Gasteiger partial charge in [0.15, 0.2) is 5.75 Å². The van der Waals surface area contributed by atoms with Crippen LogP contribution in [0, 0.1) is 0 Å². The van der Waals surface area contributed by atoms with Gasteiger partial charge in [0, 0.05) is 18.8 Å². The number of benzene rings is 1. The normalized spacial score (nSPS) is 19.7. The summed E-state index contributed by atoms with van der Waals surface area (Å²) in [4.78, 5) is 24.5. The third kappa shape index (κ3) is 5.40. The Bertz CT molecular complexity index is 902. The number of aromatic hydroxyl groups is 1. The third-order valence-electron chi connectivity index (χ3n) is 5.35. The molecule has 5 nitrogen and oxygen atoms in total. The summed E-state index contributed by atoms with van der Waals surface area (Å²) in [7, 11) is 0. The van der Waals surface area contributed by atoms with E-state index < -0.39 is 36.4 Å². The second-order valence-electron chi connectivity index (χ2n) is 7.37. The number of alkyl halides is 3. The van der Waals surface area contributed by atoms with Crippen LogP contribution in [0.5, 0.6) is 5.75 Å². The summed E-state index contributed by atoms with van der Waals surface area (Å²) >= 11 is 0. The van der Waals surface area contributed by atoms with E-state index in [-0.39, 0.29) is 11.6 Å². The summed E-state index contributed by atoms with van der Waals surface area (Å²) in [5.41, 5.74) is 0.0514. The van der Waals surface area contributed by atoms with Crippen LogP contribution >= 0.6 is 0 Å². The van der Waals surface area contributed by atoms with Gasteiger partial charge < -0.3 is 15.0 Å². The zero-order valence-electron chi connectivity index (χ0n) is 15.8. The molecule has 0 spiro atoms. The van der Waals surface area contributed by atoms with Crippen molar-refractivity contribution in [1.82, 2.24) is 9.88 Å². The van der Waals surface area contributed by atoms with Crippen molar-refractivity contribution in [3.63, 3.8) is 0 Å². The summed E-state index contributed by atoms with van der Waals surface area (Å²) in [5, 5.41) is 12.8. The Morgan fingerprint density at radius 3 is 2.38 bits per heavy atom. The van der Waals surface area contributed by atoms with E-state index in [2.05, 4.69) is 17.4 Å². The van der Waals surface area contributed by atoms with Crippen molar-refractivity contribution in [3.05, 3.63) is 64.1 Å². The van der Waals surface area contributed by atoms with Crippen LogP contribution < -0.4 is 10.9 Å². The molecule has 1 heterocycles. The predicted molar refractivity (Wildman–Crippen MR) is 102 cm³/mol. The predicted octanol–water partition coefficient (Wildman–Crippen LogP) is 3.96. The molecule has 0 radical (unpaired) electrons.